The zero-order valence-corrected chi connectivity index (χ0v) is 7.51. The van der Waals surface area contributed by atoms with Gasteiger partial charge in [-0.3, -0.25) is 0 Å². The van der Waals surface area contributed by atoms with Crippen LogP contribution in [0.15, 0.2) is 30.8 Å². The summed E-state index contributed by atoms with van der Waals surface area (Å²) < 4.78 is 0. The Morgan fingerprint density at radius 1 is 1.33 bits per heavy atom. The van der Waals surface area contributed by atoms with E-state index in [2.05, 4.69) is 6.58 Å². The molecule has 0 spiro atoms. The normalized spacial score (nSPS) is 8.33. The Bertz CT molecular complexity index is 277. The Morgan fingerprint density at radius 2 is 1.83 bits per heavy atom. The van der Waals surface area contributed by atoms with E-state index in [0.29, 0.717) is 5.56 Å². The molecule has 1 aromatic rings. The molecule has 0 saturated heterocycles. The van der Waals surface area contributed by atoms with E-state index in [1.54, 1.807) is 30.3 Å². The van der Waals surface area contributed by atoms with Crippen LogP contribution >= 0.6 is 0 Å². The number of hydrogen-bond donors (Lipinski definition) is 1. The molecule has 0 unspecified atom stereocenters. The van der Waals surface area contributed by atoms with E-state index in [0.717, 1.165) is 5.56 Å². The molecule has 0 saturated carbocycles. The Balaban J connectivity index is 0.00000121. The molecule has 2 nitrogen and oxygen atoms in total. The van der Waals surface area contributed by atoms with Crippen LogP contribution in [-0.4, -0.2) is 11.1 Å². The Hall–Kier alpha value is -1.05. The summed E-state index contributed by atoms with van der Waals surface area (Å²) in [5.74, 6) is -0.902. The summed E-state index contributed by atoms with van der Waals surface area (Å²) in [5.41, 5.74) is 1.23. The number of carboxylic acid groups (broad SMARTS) is 1. The molecule has 0 atom stereocenters. The van der Waals surface area contributed by atoms with Crippen molar-refractivity contribution >= 4 is 12.0 Å². The van der Waals surface area contributed by atoms with E-state index >= 15 is 0 Å². The Morgan fingerprint density at radius 3 is 2.17 bits per heavy atom. The van der Waals surface area contributed by atoms with Gasteiger partial charge in [-0.05, 0) is 17.7 Å². The van der Waals surface area contributed by atoms with Gasteiger partial charge in [-0.2, -0.15) is 0 Å². The minimum absolute atomic E-state index is 0. The third-order valence-corrected chi connectivity index (χ3v) is 1.39. The molecule has 0 bridgehead atoms. The van der Waals surface area contributed by atoms with Gasteiger partial charge < -0.3 is 5.11 Å². The zero-order valence-electron chi connectivity index (χ0n) is 6.33. The maximum absolute atomic E-state index is 10.4. The number of carboxylic acids is 1. The van der Waals surface area contributed by atoms with Crippen molar-refractivity contribution in [1.29, 1.82) is 0 Å². The third-order valence-electron chi connectivity index (χ3n) is 1.39. The third kappa shape index (κ3) is 2.53. The van der Waals surface area contributed by atoms with Crippen LogP contribution < -0.4 is 0 Å². The van der Waals surface area contributed by atoms with Crippen molar-refractivity contribution in [1.82, 2.24) is 0 Å². The van der Waals surface area contributed by atoms with Crippen molar-refractivity contribution in [2.45, 2.75) is 0 Å². The standard InChI is InChI=1S/C9H8O2.Mn/c1-2-7-3-5-8(6-4-7)9(10)11;/h2-6H,1H2,(H,10,11);. The van der Waals surface area contributed by atoms with Crippen molar-refractivity contribution in [2.75, 3.05) is 0 Å². The molecular weight excluding hydrogens is 195 g/mol. The first-order chi connectivity index (χ1) is 5.24. The summed E-state index contributed by atoms with van der Waals surface area (Å²) in [6.07, 6.45) is 1.67. The van der Waals surface area contributed by atoms with Crippen LogP contribution in [0.5, 0.6) is 0 Å². The van der Waals surface area contributed by atoms with Gasteiger partial charge in [0.25, 0.3) is 0 Å². The van der Waals surface area contributed by atoms with Crippen molar-refractivity contribution in [3.63, 3.8) is 0 Å². The van der Waals surface area contributed by atoms with Gasteiger partial charge >= 0.3 is 5.97 Å². The number of carbonyl (C=O) groups is 1. The molecule has 0 aliphatic carbocycles. The average molecular weight is 203 g/mol. The Labute approximate surface area is 81.4 Å². The number of hydrogen-bond acceptors (Lipinski definition) is 1. The van der Waals surface area contributed by atoms with Crippen LogP contribution in [0.4, 0.5) is 0 Å². The summed E-state index contributed by atoms with van der Waals surface area (Å²) in [6, 6.07) is 6.55. The van der Waals surface area contributed by atoms with Gasteiger partial charge in [0.15, 0.2) is 0 Å². The van der Waals surface area contributed by atoms with Gasteiger partial charge in [0.05, 0.1) is 5.56 Å². The van der Waals surface area contributed by atoms with Crippen molar-refractivity contribution in [2.24, 2.45) is 0 Å². The minimum atomic E-state index is -0.902. The van der Waals surface area contributed by atoms with Crippen LogP contribution in [0.1, 0.15) is 15.9 Å². The van der Waals surface area contributed by atoms with Crippen LogP contribution in [0, 0.1) is 0 Å². The van der Waals surface area contributed by atoms with Gasteiger partial charge in [0.2, 0.25) is 0 Å². The molecule has 0 heterocycles. The topological polar surface area (TPSA) is 37.3 Å². The number of benzene rings is 1. The second-order valence-electron chi connectivity index (χ2n) is 2.13. The molecule has 63 valence electrons. The Kier molecular flexibility index (Phi) is 4.34. The van der Waals surface area contributed by atoms with E-state index in [4.69, 9.17) is 5.11 Å². The van der Waals surface area contributed by atoms with Gasteiger partial charge in [-0.15, -0.1) is 0 Å². The summed E-state index contributed by atoms with van der Waals surface area (Å²) in [5, 5.41) is 8.52. The van der Waals surface area contributed by atoms with Crippen LogP contribution in [0.3, 0.4) is 0 Å². The van der Waals surface area contributed by atoms with E-state index in [-0.39, 0.29) is 17.1 Å². The molecule has 1 aromatic carbocycles. The maximum atomic E-state index is 10.4. The van der Waals surface area contributed by atoms with E-state index in [1.807, 2.05) is 0 Å². The SMILES string of the molecule is C=Cc1ccc(C(=O)O)cc1.[Mn]. The monoisotopic (exact) mass is 203 g/mol. The molecule has 1 radical (unpaired) electrons. The molecule has 12 heavy (non-hydrogen) atoms. The van der Waals surface area contributed by atoms with Crippen LogP contribution in [-0.2, 0) is 17.1 Å². The number of rotatable bonds is 2. The van der Waals surface area contributed by atoms with Gasteiger partial charge in [-0.1, -0.05) is 24.8 Å². The van der Waals surface area contributed by atoms with Crippen molar-refractivity contribution in [3.8, 4) is 0 Å². The first-order valence-electron chi connectivity index (χ1n) is 3.20. The van der Waals surface area contributed by atoms with E-state index in [1.165, 1.54) is 0 Å². The summed E-state index contributed by atoms with van der Waals surface area (Å²) in [4.78, 5) is 10.4. The molecule has 0 amide bonds. The molecular formula is C9H8MnO2. The number of aromatic carboxylic acids is 1. The second kappa shape index (κ2) is 4.75. The fraction of sp³-hybridized carbons (Fsp3) is 0. The molecule has 0 aromatic heterocycles. The molecule has 3 heteroatoms. The zero-order chi connectivity index (χ0) is 8.27. The maximum Gasteiger partial charge on any atom is 0.335 e. The largest absolute Gasteiger partial charge is 0.478 e. The van der Waals surface area contributed by atoms with E-state index < -0.39 is 5.97 Å². The van der Waals surface area contributed by atoms with Crippen LogP contribution in [0.2, 0.25) is 0 Å². The summed E-state index contributed by atoms with van der Waals surface area (Å²) in [7, 11) is 0. The smallest absolute Gasteiger partial charge is 0.335 e. The van der Waals surface area contributed by atoms with Crippen molar-refractivity contribution in [3.05, 3.63) is 42.0 Å². The first-order valence-corrected chi connectivity index (χ1v) is 3.20. The summed E-state index contributed by atoms with van der Waals surface area (Å²) >= 11 is 0. The quantitative estimate of drug-likeness (QED) is 0.746. The first kappa shape index (κ1) is 10.9. The van der Waals surface area contributed by atoms with E-state index in [9.17, 15) is 4.79 Å². The van der Waals surface area contributed by atoms with Crippen molar-refractivity contribution < 1.29 is 27.0 Å². The summed E-state index contributed by atoms with van der Waals surface area (Å²) in [6.45, 7) is 3.56. The second-order valence-corrected chi connectivity index (χ2v) is 2.13. The predicted octanol–water partition coefficient (Wildman–Crippen LogP) is 2.03. The minimum Gasteiger partial charge on any atom is -0.478 e. The molecule has 1 N–H and O–H groups in total. The van der Waals surface area contributed by atoms with Gasteiger partial charge in [0, 0.05) is 17.1 Å². The van der Waals surface area contributed by atoms with Crippen LogP contribution in [0.25, 0.3) is 6.08 Å². The fourth-order valence-electron chi connectivity index (χ4n) is 0.762. The van der Waals surface area contributed by atoms with Gasteiger partial charge in [-0.25, -0.2) is 4.79 Å². The molecule has 1 rings (SSSR count). The molecule has 0 fully saturated rings. The fourth-order valence-corrected chi connectivity index (χ4v) is 0.762. The average Bonchev–Trinajstić information content (AvgIpc) is 2.05. The molecule has 0 aliphatic rings. The molecule has 0 aliphatic heterocycles. The van der Waals surface area contributed by atoms with Gasteiger partial charge in [0.1, 0.15) is 0 Å². The predicted molar refractivity (Wildman–Crippen MR) is 43.5 cm³/mol.